The fraction of sp³-hybridized carbons (Fsp3) is 0.800. The number of ketones is 1. The first-order valence-corrected chi connectivity index (χ1v) is 8.46. The molecule has 0 rings (SSSR count). The second-order valence-corrected chi connectivity index (χ2v) is 5.52. The van der Waals surface area contributed by atoms with Crippen molar-refractivity contribution in [3.05, 3.63) is 10.4 Å². The van der Waals surface area contributed by atoms with Crippen molar-refractivity contribution in [2.45, 2.75) is 26.2 Å². The van der Waals surface area contributed by atoms with E-state index < -0.39 is 5.92 Å². The maximum Gasteiger partial charge on any atom is 0.223 e. The summed E-state index contributed by atoms with van der Waals surface area (Å²) in [5.41, 5.74) is 18.6. The Morgan fingerprint density at radius 1 is 1.15 bits per heavy atom. The predicted molar refractivity (Wildman–Crippen MR) is 97.4 cm³/mol. The fourth-order valence-corrected chi connectivity index (χ4v) is 2.08. The van der Waals surface area contributed by atoms with Gasteiger partial charge in [0, 0.05) is 36.9 Å². The van der Waals surface area contributed by atoms with Crippen molar-refractivity contribution in [3.8, 4) is 0 Å². The fourth-order valence-electron chi connectivity index (χ4n) is 2.08. The molecule has 0 aliphatic rings. The summed E-state index contributed by atoms with van der Waals surface area (Å²) in [6.45, 7) is 3.96. The van der Waals surface area contributed by atoms with Crippen molar-refractivity contribution in [2.75, 3.05) is 46.1 Å². The first kappa shape index (κ1) is 23.6. The number of ether oxygens (including phenoxy) is 2. The molecule has 0 aliphatic heterocycles. The van der Waals surface area contributed by atoms with Crippen LogP contribution in [0.2, 0.25) is 0 Å². The molecule has 0 aromatic heterocycles. The molecule has 0 aromatic rings. The van der Waals surface area contributed by atoms with Crippen LogP contribution in [0.5, 0.6) is 0 Å². The van der Waals surface area contributed by atoms with Crippen LogP contribution < -0.4 is 16.8 Å². The zero-order valence-electron chi connectivity index (χ0n) is 15.2. The van der Waals surface area contributed by atoms with Crippen molar-refractivity contribution in [2.24, 2.45) is 27.5 Å². The van der Waals surface area contributed by atoms with Gasteiger partial charge in [-0.15, -0.1) is 0 Å². The van der Waals surface area contributed by atoms with Gasteiger partial charge in [0.2, 0.25) is 5.91 Å². The second kappa shape index (κ2) is 16.1. The number of rotatable bonds is 16. The van der Waals surface area contributed by atoms with E-state index in [1.165, 1.54) is 6.92 Å². The third-order valence-electron chi connectivity index (χ3n) is 3.23. The summed E-state index contributed by atoms with van der Waals surface area (Å²) < 4.78 is 10.5. The third kappa shape index (κ3) is 15.2. The minimum absolute atomic E-state index is 0.0106. The lowest BCUT2D eigenvalue weighted by Gasteiger charge is -2.15. The Morgan fingerprint density at radius 3 is 2.46 bits per heavy atom. The monoisotopic (exact) mass is 371 g/mol. The van der Waals surface area contributed by atoms with Gasteiger partial charge in [0.1, 0.15) is 5.78 Å². The first-order valence-electron chi connectivity index (χ1n) is 8.46. The van der Waals surface area contributed by atoms with Crippen LogP contribution in [0.1, 0.15) is 26.2 Å². The van der Waals surface area contributed by atoms with Crippen LogP contribution in [-0.2, 0) is 19.1 Å². The number of carbonyl (C=O) groups excluding carboxylic acids is 2. The van der Waals surface area contributed by atoms with E-state index in [0.717, 1.165) is 0 Å². The highest BCUT2D eigenvalue weighted by molar-refractivity contribution is 5.85. The SMILES string of the molecule is CC(=O)C[C@@H](CCCN=C(N)N)C(=O)NCCOCCOCCN=[N+]=[N-]. The van der Waals surface area contributed by atoms with Crippen LogP contribution in [0.25, 0.3) is 10.4 Å². The van der Waals surface area contributed by atoms with Crippen LogP contribution in [-0.4, -0.2) is 63.7 Å². The largest absolute Gasteiger partial charge is 0.379 e. The van der Waals surface area contributed by atoms with Gasteiger partial charge in [0.15, 0.2) is 5.96 Å². The van der Waals surface area contributed by atoms with Gasteiger partial charge >= 0.3 is 0 Å². The normalized spacial score (nSPS) is 11.3. The highest BCUT2D eigenvalue weighted by Crippen LogP contribution is 2.12. The smallest absolute Gasteiger partial charge is 0.223 e. The average molecular weight is 371 g/mol. The number of amides is 1. The van der Waals surface area contributed by atoms with Crippen LogP contribution in [0.3, 0.4) is 0 Å². The number of carbonyl (C=O) groups is 2. The van der Waals surface area contributed by atoms with Gasteiger partial charge < -0.3 is 31.1 Å². The standard InChI is InChI=1S/C15H29N7O4/c1-12(23)11-13(3-2-4-20-15(16)17)14(24)19-5-7-25-9-10-26-8-6-21-22-18/h13H,2-11H2,1H3,(H,19,24)(H4,16,17,20)/t13-/m1/s1. The minimum atomic E-state index is -0.397. The minimum Gasteiger partial charge on any atom is -0.379 e. The van der Waals surface area contributed by atoms with Crippen LogP contribution in [0.15, 0.2) is 10.1 Å². The van der Waals surface area contributed by atoms with E-state index in [1.54, 1.807) is 0 Å². The van der Waals surface area contributed by atoms with Crippen LogP contribution >= 0.6 is 0 Å². The number of guanidine groups is 1. The van der Waals surface area contributed by atoms with Gasteiger partial charge in [-0.25, -0.2) is 0 Å². The number of hydrogen-bond donors (Lipinski definition) is 3. The molecule has 0 bridgehead atoms. The lowest BCUT2D eigenvalue weighted by atomic mass is 9.96. The number of hydrogen-bond acceptors (Lipinski definition) is 6. The summed E-state index contributed by atoms with van der Waals surface area (Å²) in [5.74, 6) is -0.609. The topological polar surface area (TPSA) is 178 Å². The summed E-state index contributed by atoms with van der Waals surface area (Å²) in [7, 11) is 0. The number of azide groups is 1. The van der Waals surface area contributed by atoms with Crippen LogP contribution in [0.4, 0.5) is 0 Å². The zero-order chi connectivity index (χ0) is 19.6. The summed E-state index contributed by atoms with van der Waals surface area (Å²) >= 11 is 0. The summed E-state index contributed by atoms with van der Waals surface area (Å²) in [6, 6.07) is 0. The maximum atomic E-state index is 12.2. The second-order valence-electron chi connectivity index (χ2n) is 5.52. The predicted octanol–water partition coefficient (Wildman–Crippen LogP) is 0.0950. The summed E-state index contributed by atoms with van der Waals surface area (Å²) in [4.78, 5) is 30.0. The van der Waals surface area contributed by atoms with E-state index in [1.807, 2.05) is 0 Å². The quantitative estimate of drug-likeness (QED) is 0.0864. The number of nitrogens with one attached hydrogen (secondary N) is 1. The maximum absolute atomic E-state index is 12.2. The van der Waals surface area contributed by atoms with Gasteiger partial charge in [-0.3, -0.25) is 9.79 Å². The van der Waals surface area contributed by atoms with Gasteiger partial charge in [-0.05, 0) is 25.3 Å². The molecule has 1 amide bonds. The molecule has 0 heterocycles. The van der Waals surface area contributed by atoms with Crippen molar-refractivity contribution in [1.82, 2.24) is 5.32 Å². The highest BCUT2D eigenvalue weighted by Gasteiger charge is 2.19. The molecule has 11 heteroatoms. The molecular weight excluding hydrogens is 342 g/mol. The molecule has 0 saturated carbocycles. The average Bonchev–Trinajstić information content (AvgIpc) is 2.58. The molecule has 11 nitrogen and oxygen atoms in total. The highest BCUT2D eigenvalue weighted by atomic mass is 16.5. The molecule has 5 N–H and O–H groups in total. The Balaban J connectivity index is 3.89. The summed E-state index contributed by atoms with van der Waals surface area (Å²) in [5, 5.41) is 6.09. The Morgan fingerprint density at radius 2 is 1.85 bits per heavy atom. The van der Waals surface area contributed by atoms with E-state index in [9.17, 15) is 9.59 Å². The molecular formula is C15H29N7O4. The molecule has 0 saturated heterocycles. The number of aliphatic imine (C=N–C) groups is 1. The zero-order valence-corrected chi connectivity index (χ0v) is 15.2. The van der Waals surface area contributed by atoms with E-state index in [2.05, 4.69) is 20.3 Å². The Labute approximate surface area is 153 Å². The van der Waals surface area contributed by atoms with Gasteiger partial charge in [-0.2, -0.15) is 0 Å². The Bertz CT molecular complexity index is 488. The number of nitrogens with two attached hydrogens (primary N) is 2. The summed E-state index contributed by atoms with van der Waals surface area (Å²) in [6.07, 6.45) is 1.34. The van der Waals surface area contributed by atoms with E-state index in [0.29, 0.717) is 52.4 Å². The molecule has 0 aliphatic carbocycles. The van der Waals surface area contributed by atoms with Gasteiger partial charge in [0.25, 0.3) is 0 Å². The first-order chi connectivity index (χ1) is 12.5. The van der Waals surface area contributed by atoms with Crippen molar-refractivity contribution >= 4 is 17.6 Å². The Hall–Kier alpha value is -2.36. The molecule has 0 fully saturated rings. The molecule has 148 valence electrons. The number of nitrogens with zero attached hydrogens (tertiary/aromatic N) is 4. The van der Waals surface area contributed by atoms with Crippen LogP contribution in [0, 0.1) is 5.92 Å². The van der Waals surface area contributed by atoms with Gasteiger partial charge in [-0.1, -0.05) is 5.11 Å². The van der Waals surface area contributed by atoms with Crippen molar-refractivity contribution in [3.63, 3.8) is 0 Å². The molecule has 0 radical (unpaired) electrons. The third-order valence-corrected chi connectivity index (χ3v) is 3.23. The lowest BCUT2D eigenvalue weighted by Crippen LogP contribution is -2.34. The molecule has 0 aromatic carbocycles. The van der Waals surface area contributed by atoms with E-state index >= 15 is 0 Å². The number of Topliss-reactive ketones (excluding diaryl/α,β-unsaturated/α-hetero) is 1. The lowest BCUT2D eigenvalue weighted by molar-refractivity contribution is -0.129. The molecule has 26 heavy (non-hydrogen) atoms. The van der Waals surface area contributed by atoms with Crippen molar-refractivity contribution < 1.29 is 19.1 Å². The molecule has 0 unspecified atom stereocenters. The van der Waals surface area contributed by atoms with Crippen molar-refractivity contribution in [1.29, 1.82) is 0 Å². The molecule has 0 spiro atoms. The van der Waals surface area contributed by atoms with E-state index in [4.69, 9.17) is 26.5 Å². The molecule has 1 atom stereocenters. The van der Waals surface area contributed by atoms with Gasteiger partial charge in [0.05, 0.1) is 26.4 Å². The Kier molecular flexibility index (Phi) is 14.7. The van der Waals surface area contributed by atoms with E-state index in [-0.39, 0.29) is 30.6 Å².